The molecule has 0 saturated carbocycles. The van der Waals surface area contributed by atoms with Gasteiger partial charge in [-0.2, -0.15) is 0 Å². The zero-order valence-corrected chi connectivity index (χ0v) is 13.5. The number of piperazine rings is 1. The summed E-state index contributed by atoms with van der Waals surface area (Å²) in [6, 6.07) is 0.633. The van der Waals surface area contributed by atoms with Crippen molar-refractivity contribution in [2.24, 2.45) is 5.73 Å². The van der Waals surface area contributed by atoms with Gasteiger partial charge in [-0.1, -0.05) is 0 Å². The number of carbonyl (C=O) groups excluding carboxylic acids is 1. The molecule has 1 atom stereocenters. The van der Waals surface area contributed by atoms with Crippen LogP contribution in [0.5, 0.6) is 0 Å². The highest BCUT2D eigenvalue weighted by Crippen LogP contribution is 2.13. The zero-order chi connectivity index (χ0) is 15.2. The second-order valence-corrected chi connectivity index (χ2v) is 6.21. The fraction of sp³-hybridized carbons (Fsp3) is 0.933. The van der Waals surface area contributed by atoms with E-state index in [9.17, 15) is 4.79 Å². The SMILES string of the molecule is CCOC(=O)C(C)(N)CCCN1CCN(C(C)C)CC1. The Hall–Kier alpha value is -0.650. The minimum atomic E-state index is -0.851. The molecule has 0 aromatic carbocycles. The number of nitrogens with zero attached hydrogens (tertiary/aromatic N) is 2. The van der Waals surface area contributed by atoms with Crippen molar-refractivity contribution < 1.29 is 9.53 Å². The molecule has 1 rings (SSSR count). The predicted molar refractivity (Wildman–Crippen MR) is 81.6 cm³/mol. The second kappa shape index (κ2) is 7.96. The monoisotopic (exact) mass is 285 g/mol. The number of nitrogens with two attached hydrogens (primary N) is 1. The Labute approximate surface area is 123 Å². The smallest absolute Gasteiger partial charge is 0.325 e. The summed E-state index contributed by atoms with van der Waals surface area (Å²) in [7, 11) is 0. The summed E-state index contributed by atoms with van der Waals surface area (Å²) < 4.78 is 5.01. The van der Waals surface area contributed by atoms with Crippen LogP contribution < -0.4 is 5.73 Å². The van der Waals surface area contributed by atoms with Crippen molar-refractivity contribution in [3.63, 3.8) is 0 Å². The van der Waals surface area contributed by atoms with Gasteiger partial charge < -0.3 is 15.4 Å². The maximum absolute atomic E-state index is 11.7. The third-order valence-electron chi connectivity index (χ3n) is 4.05. The van der Waals surface area contributed by atoms with Crippen LogP contribution in [0, 0.1) is 0 Å². The molecule has 118 valence electrons. The Morgan fingerprint density at radius 3 is 2.40 bits per heavy atom. The Morgan fingerprint density at radius 2 is 1.90 bits per heavy atom. The van der Waals surface area contributed by atoms with Crippen LogP contribution in [0.15, 0.2) is 0 Å². The number of ether oxygens (including phenoxy) is 1. The maximum atomic E-state index is 11.7. The molecule has 1 aliphatic rings. The van der Waals surface area contributed by atoms with Crippen LogP contribution in [-0.4, -0.2) is 66.7 Å². The Morgan fingerprint density at radius 1 is 1.30 bits per heavy atom. The van der Waals surface area contributed by atoms with E-state index in [1.807, 2.05) is 6.92 Å². The van der Waals surface area contributed by atoms with Gasteiger partial charge >= 0.3 is 5.97 Å². The maximum Gasteiger partial charge on any atom is 0.325 e. The fourth-order valence-corrected chi connectivity index (χ4v) is 2.57. The molecular formula is C15H31N3O2. The molecule has 0 aromatic heterocycles. The summed E-state index contributed by atoms with van der Waals surface area (Å²) >= 11 is 0. The lowest BCUT2D eigenvalue weighted by molar-refractivity contribution is -0.149. The van der Waals surface area contributed by atoms with E-state index < -0.39 is 5.54 Å². The van der Waals surface area contributed by atoms with Gasteiger partial charge in [-0.3, -0.25) is 9.69 Å². The molecule has 5 heteroatoms. The summed E-state index contributed by atoms with van der Waals surface area (Å²) in [5, 5.41) is 0. The highest BCUT2D eigenvalue weighted by atomic mass is 16.5. The standard InChI is InChI=1S/C15H31N3O2/c1-5-20-14(19)15(4,16)7-6-8-17-9-11-18(12-10-17)13(2)3/h13H,5-12,16H2,1-4H3. The quantitative estimate of drug-likeness (QED) is 0.709. The van der Waals surface area contributed by atoms with Crippen molar-refractivity contribution in [2.45, 2.75) is 52.1 Å². The van der Waals surface area contributed by atoms with E-state index >= 15 is 0 Å². The van der Waals surface area contributed by atoms with Crippen LogP contribution in [0.3, 0.4) is 0 Å². The molecule has 1 unspecified atom stereocenters. The molecule has 0 radical (unpaired) electrons. The van der Waals surface area contributed by atoms with E-state index in [2.05, 4.69) is 23.6 Å². The Kier molecular flexibility index (Phi) is 6.92. The lowest BCUT2D eigenvalue weighted by Gasteiger charge is -2.37. The normalized spacial score (nSPS) is 20.9. The first-order valence-corrected chi connectivity index (χ1v) is 7.79. The minimum Gasteiger partial charge on any atom is -0.465 e. The Balaban J connectivity index is 2.23. The molecule has 1 heterocycles. The summed E-state index contributed by atoms with van der Waals surface area (Å²) in [6.45, 7) is 14.0. The summed E-state index contributed by atoms with van der Waals surface area (Å²) in [4.78, 5) is 16.7. The van der Waals surface area contributed by atoms with E-state index in [-0.39, 0.29) is 5.97 Å². The van der Waals surface area contributed by atoms with E-state index in [0.29, 0.717) is 19.1 Å². The van der Waals surface area contributed by atoms with E-state index in [4.69, 9.17) is 10.5 Å². The van der Waals surface area contributed by atoms with Gasteiger partial charge in [-0.15, -0.1) is 0 Å². The van der Waals surface area contributed by atoms with Gasteiger partial charge in [-0.25, -0.2) is 0 Å². The van der Waals surface area contributed by atoms with Crippen LogP contribution >= 0.6 is 0 Å². The van der Waals surface area contributed by atoms with Crippen LogP contribution in [-0.2, 0) is 9.53 Å². The second-order valence-electron chi connectivity index (χ2n) is 6.21. The summed E-state index contributed by atoms with van der Waals surface area (Å²) in [6.07, 6.45) is 1.61. The van der Waals surface area contributed by atoms with Gasteiger partial charge in [0.1, 0.15) is 5.54 Å². The molecule has 0 amide bonds. The number of esters is 1. The van der Waals surface area contributed by atoms with E-state index in [1.54, 1.807) is 6.92 Å². The highest BCUT2D eigenvalue weighted by Gasteiger charge is 2.29. The first-order valence-electron chi connectivity index (χ1n) is 7.79. The van der Waals surface area contributed by atoms with E-state index in [1.165, 1.54) is 0 Å². The zero-order valence-electron chi connectivity index (χ0n) is 13.5. The van der Waals surface area contributed by atoms with Crippen molar-refractivity contribution >= 4 is 5.97 Å². The average molecular weight is 285 g/mol. The minimum absolute atomic E-state index is 0.287. The molecular weight excluding hydrogens is 254 g/mol. The molecule has 5 nitrogen and oxygen atoms in total. The lowest BCUT2D eigenvalue weighted by Crippen LogP contribution is -2.50. The van der Waals surface area contributed by atoms with Crippen LogP contribution in [0.25, 0.3) is 0 Å². The van der Waals surface area contributed by atoms with Gasteiger partial charge in [0, 0.05) is 32.2 Å². The van der Waals surface area contributed by atoms with Crippen LogP contribution in [0.4, 0.5) is 0 Å². The molecule has 0 aromatic rings. The molecule has 1 aliphatic heterocycles. The third kappa shape index (κ3) is 5.38. The topological polar surface area (TPSA) is 58.8 Å². The lowest BCUT2D eigenvalue weighted by atomic mass is 9.97. The molecule has 0 bridgehead atoms. The van der Waals surface area contributed by atoms with Gasteiger partial charge in [0.25, 0.3) is 0 Å². The first-order chi connectivity index (χ1) is 9.36. The van der Waals surface area contributed by atoms with Crippen molar-refractivity contribution in [1.82, 2.24) is 9.80 Å². The van der Waals surface area contributed by atoms with Crippen molar-refractivity contribution in [2.75, 3.05) is 39.3 Å². The number of hydrogen-bond donors (Lipinski definition) is 1. The predicted octanol–water partition coefficient (Wildman–Crippen LogP) is 1.07. The van der Waals surface area contributed by atoms with Crippen molar-refractivity contribution in [1.29, 1.82) is 0 Å². The first kappa shape index (κ1) is 17.4. The number of hydrogen-bond acceptors (Lipinski definition) is 5. The third-order valence-corrected chi connectivity index (χ3v) is 4.05. The molecule has 1 fully saturated rings. The highest BCUT2D eigenvalue weighted by molar-refractivity contribution is 5.79. The molecule has 2 N–H and O–H groups in total. The van der Waals surface area contributed by atoms with E-state index in [0.717, 1.165) is 39.1 Å². The number of rotatable bonds is 7. The van der Waals surface area contributed by atoms with Gasteiger partial charge in [0.15, 0.2) is 0 Å². The van der Waals surface area contributed by atoms with Crippen molar-refractivity contribution in [3.05, 3.63) is 0 Å². The van der Waals surface area contributed by atoms with Gasteiger partial charge in [-0.05, 0) is 47.1 Å². The molecule has 0 spiro atoms. The number of carbonyl (C=O) groups is 1. The summed E-state index contributed by atoms with van der Waals surface area (Å²) in [5.74, 6) is -0.287. The molecule has 20 heavy (non-hydrogen) atoms. The van der Waals surface area contributed by atoms with Crippen LogP contribution in [0.1, 0.15) is 40.5 Å². The van der Waals surface area contributed by atoms with Crippen LogP contribution in [0.2, 0.25) is 0 Å². The Bertz CT molecular complexity index is 297. The summed E-state index contributed by atoms with van der Waals surface area (Å²) in [5.41, 5.74) is 5.17. The molecule has 1 saturated heterocycles. The van der Waals surface area contributed by atoms with Gasteiger partial charge in [0.2, 0.25) is 0 Å². The van der Waals surface area contributed by atoms with Gasteiger partial charge in [0.05, 0.1) is 6.61 Å². The fourth-order valence-electron chi connectivity index (χ4n) is 2.57. The average Bonchev–Trinajstić information content (AvgIpc) is 2.39. The van der Waals surface area contributed by atoms with Crippen molar-refractivity contribution in [3.8, 4) is 0 Å². The largest absolute Gasteiger partial charge is 0.465 e. The molecule has 0 aliphatic carbocycles.